The Bertz CT molecular complexity index is 565. The van der Waals surface area contributed by atoms with Crippen LogP contribution in [0.25, 0.3) is 11.1 Å². The first-order chi connectivity index (χ1) is 9.20. The van der Waals surface area contributed by atoms with E-state index in [0.29, 0.717) is 12.2 Å². The first-order valence-corrected chi connectivity index (χ1v) is 6.14. The number of urea groups is 1. The van der Waals surface area contributed by atoms with Crippen LogP contribution in [0, 0.1) is 0 Å². The van der Waals surface area contributed by atoms with E-state index in [1.807, 2.05) is 31.2 Å². The molecule has 0 atom stereocenters. The second kappa shape index (κ2) is 5.91. The molecule has 0 unspecified atom stereocenters. The third-order valence-corrected chi connectivity index (χ3v) is 2.70. The highest BCUT2D eigenvalue weighted by Crippen LogP contribution is 2.29. The van der Waals surface area contributed by atoms with Gasteiger partial charge in [-0.05, 0) is 30.7 Å². The largest absolute Gasteiger partial charge is 0.507 e. The van der Waals surface area contributed by atoms with Crippen LogP contribution in [0.2, 0.25) is 0 Å². The molecule has 0 aromatic heterocycles. The number of hydrogen-bond donors (Lipinski definition) is 3. The van der Waals surface area contributed by atoms with Crippen LogP contribution in [0.15, 0.2) is 48.5 Å². The van der Waals surface area contributed by atoms with Gasteiger partial charge in [0.2, 0.25) is 0 Å². The van der Waals surface area contributed by atoms with Crippen LogP contribution in [0.4, 0.5) is 10.5 Å². The van der Waals surface area contributed by atoms with E-state index in [4.69, 9.17) is 0 Å². The lowest BCUT2D eigenvalue weighted by molar-refractivity contribution is 0.252. The van der Waals surface area contributed by atoms with Crippen molar-refractivity contribution < 1.29 is 9.90 Å². The lowest BCUT2D eigenvalue weighted by Crippen LogP contribution is -2.28. The standard InChI is InChI=1S/C15H16N2O2/c1-2-16-15(19)17-12-9-7-11(8-10-12)13-5-3-4-6-14(13)18/h3-10,18H,2H2,1H3,(H2,16,17,19). The lowest BCUT2D eigenvalue weighted by Gasteiger charge is -2.08. The van der Waals surface area contributed by atoms with Gasteiger partial charge in [0.25, 0.3) is 0 Å². The fourth-order valence-corrected chi connectivity index (χ4v) is 1.79. The topological polar surface area (TPSA) is 61.4 Å². The Morgan fingerprint density at radius 1 is 1.11 bits per heavy atom. The summed E-state index contributed by atoms with van der Waals surface area (Å²) in [7, 11) is 0. The smallest absolute Gasteiger partial charge is 0.319 e. The number of hydrogen-bond acceptors (Lipinski definition) is 2. The van der Waals surface area contributed by atoms with E-state index in [-0.39, 0.29) is 11.8 Å². The van der Waals surface area contributed by atoms with E-state index in [1.165, 1.54) is 0 Å². The zero-order chi connectivity index (χ0) is 13.7. The van der Waals surface area contributed by atoms with Gasteiger partial charge < -0.3 is 15.7 Å². The molecule has 0 heterocycles. The zero-order valence-electron chi connectivity index (χ0n) is 10.7. The molecule has 98 valence electrons. The average molecular weight is 256 g/mol. The minimum absolute atomic E-state index is 0.224. The molecule has 0 aliphatic carbocycles. The summed E-state index contributed by atoms with van der Waals surface area (Å²) in [6.07, 6.45) is 0. The zero-order valence-corrected chi connectivity index (χ0v) is 10.7. The Labute approximate surface area is 112 Å². The number of phenols is 1. The summed E-state index contributed by atoms with van der Waals surface area (Å²) in [5, 5.41) is 15.2. The van der Waals surface area contributed by atoms with Crippen molar-refractivity contribution in [2.45, 2.75) is 6.92 Å². The Balaban J connectivity index is 2.15. The molecule has 4 heteroatoms. The number of carbonyl (C=O) groups excluding carboxylic acids is 1. The summed E-state index contributed by atoms with van der Waals surface area (Å²) in [5.74, 6) is 0.243. The highest BCUT2D eigenvalue weighted by Gasteiger charge is 2.04. The minimum atomic E-state index is -0.224. The highest BCUT2D eigenvalue weighted by molar-refractivity contribution is 5.89. The van der Waals surface area contributed by atoms with Gasteiger partial charge in [-0.2, -0.15) is 0 Å². The summed E-state index contributed by atoms with van der Waals surface area (Å²) >= 11 is 0. The van der Waals surface area contributed by atoms with E-state index in [9.17, 15) is 9.90 Å². The van der Waals surface area contributed by atoms with Crippen LogP contribution in [0.5, 0.6) is 5.75 Å². The van der Waals surface area contributed by atoms with Crippen LogP contribution in [0.3, 0.4) is 0 Å². The van der Waals surface area contributed by atoms with E-state index < -0.39 is 0 Å². The van der Waals surface area contributed by atoms with Crippen molar-refractivity contribution >= 4 is 11.7 Å². The number of rotatable bonds is 3. The van der Waals surface area contributed by atoms with Gasteiger partial charge in [0.15, 0.2) is 0 Å². The van der Waals surface area contributed by atoms with Crippen molar-refractivity contribution in [1.29, 1.82) is 0 Å². The molecule has 0 aliphatic heterocycles. The number of para-hydroxylation sites is 1. The molecule has 0 aliphatic rings. The van der Waals surface area contributed by atoms with E-state index in [0.717, 1.165) is 11.1 Å². The van der Waals surface area contributed by atoms with Crippen LogP contribution >= 0.6 is 0 Å². The Morgan fingerprint density at radius 3 is 2.42 bits per heavy atom. The molecule has 19 heavy (non-hydrogen) atoms. The summed E-state index contributed by atoms with van der Waals surface area (Å²) < 4.78 is 0. The minimum Gasteiger partial charge on any atom is -0.507 e. The lowest BCUT2D eigenvalue weighted by atomic mass is 10.0. The molecule has 2 amide bonds. The predicted molar refractivity (Wildman–Crippen MR) is 76.2 cm³/mol. The Morgan fingerprint density at radius 2 is 1.79 bits per heavy atom. The molecule has 3 N–H and O–H groups in total. The molecule has 0 saturated carbocycles. The monoisotopic (exact) mass is 256 g/mol. The molecule has 2 rings (SSSR count). The molecule has 4 nitrogen and oxygen atoms in total. The van der Waals surface area contributed by atoms with Gasteiger partial charge in [-0.15, -0.1) is 0 Å². The number of amides is 2. The first-order valence-electron chi connectivity index (χ1n) is 6.14. The molecule has 2 aromatic carbocycles. The highest BCUT2D eigenvalue weighted by atomic mass is 16.3. The van der Waals surface area contributed by atoms with Gasteiger partial charge in [0.05, 0.1) is 0 Å². The molecule has 0 fully saturated rings. The summed E-state index contributed by atoms with van der Waals surface area (Å²) in [4.78, 5) is 11.4. The molecule has 0 bridgehead atoms. The number of benzene rings is 2. The maximum atomic E-state index is 11.4. The third kappa shape index (κ3) is 3.25. The SMILES string of the molecule is CCNC(=O)Nc1ccc(-c2ccccc2O)cc1. The normalized spacial score (nSPS) is 9.95. The summed E-state index contributed by atoms with van der Waals surface area (Å²) in [5.41, 5.74) is 2.39. The molecule has 0 saturated heterocycles. The van der Waals surface area contributed by atoms with Crippen LogP contribution in [-0.2, 0) is 0 Å². The number of anilines is 1. The number of nitrogens with one attached hydrogen (secondary N) is 2. The second-order valence-electron chi connectivity index (χ2n) is 4.08. The Kier molecular flexibility index (Phi) is 4.03. The van der Waals surface area contributed by atoms with Crippen molar-refractivity contribution in [3.05, 3.63) is 48.5 Å². The van der Waals surface area contributed by atoms with Crippen molar-refractivity contribution in [1.82, 2.24) is 5.32 Å². The molecule has 2 aromatic rings. The van der Waals surface area contributed by atoms with Gasteiger partial charge in [-0.1, -0.05) is 30.3 Å². The fourth-order valence-electron chi connectivity index (χ4n) is 1.79. The molecular weight excluding hydrogens is 240 g/mol. The van der Waals surface area contributed by atoms with Crippen molar-refractivity contribution in [2.24, 2.45) is 0 Å². The quantitative estimate of drug-likeness (QED) is 0.789. The number of phenolic OH excluding ortho intramolecular Hbond substituents is 1. The first kappa shape index (κ1) is 13.0. The van der Waals surface area contributed by atoms with E-state index in [2.05, 4.69) is 10.6 Å². The number of aromatic hydroxyl groups is 1. The van der Waals surface area contributed by atoms with Gasteiger partial charge in [-0.3, -0.25) is 0 Å². The summed E-state index contributed by atoms with van der Waals surface area (Å²) in [6, 6.07) is 14.2. The van der Waals surface area contributed by atoms with Crippen molar-refractivity contribution in [3.8, 4) is 16.9 Å². The summed E-state index contributed by atoms with van der Waals surface area (Å²) in [6.45, 7) is 2.45. The molecule has 0 spiro atoms. The van der Waals surface area contributed by atoms with Crippen molar-refractivity contribution in [2.75, 3.05) is 11.9 Å². The van der Waals surface area contributed by atoms with E-state index >= 15 is 0 Å². The third-order valence-electron chi connectivity index (χ3n) is 2.70. The van der Waals surface area contributed by atoms with Crippen LogP contribution in [-0.4, -0.2) is 17.7 Å². The van der Waals surface area contributed by atoms with Crippen LogP contribution in [0.1, 0.15) is 6.92 Å². The second-order valence-corrected chi connectivity index (χ2v) is 4.08. The van der Waals surface area contributed by atoms with Crippen LogP contribution < -0.4 is 10.6 Å². The molecule has 0 radical (unpaired) electrons. The maximum absolute atomic E-state index is 11.4. The van der Waals surface area contributed by atoms with Gasteiger partial charge >= 0.3 is 6.03 Å². The fraction of sp³-hybridized carbons (Fsp3) is 0.133. The van der Waals surface area contributed by atoms with Gasteiger partial charge in [0.1, 0.15) is 5.75 Å². The molecular formula is C15H16N2O2. The predicted octanol–water partition coefficient (Wildman–Crippen LogP) is 3.20. The maximum Gasteiger partial charge on any atom is 0.319 e. The van der Waals surface area contributed by atoms with Gasteiger partial charge in [-0.25, -0.2) is 4.79 Å². The Hall–Kier alpha value is -2.49. The average Bonchev–Trinajstić information content (AvgIpc) is 2.41. The number of carbonyl (C=O) groups is 1. The van der Waals surface area contributed by atoms with Gasteiger partial charge in [0, 0.05) is 17.8 Å². The van der Waals surface area contributed by atoms with Crippen molar-refractivity contribution in [3.63, 3.8) is 0 Å². The van der Waals surface area contributed by atoms with E-state index in [1.54, 1.807) is 24.3 Å².